The van der Waals surface area contributed by atoms with Crippen molar-refractivity contribution in [3.63, 3.8) is 0 Å². The van der Waals surface area contributed by atoms with Crippen LogP contribution < -0.4 is 11.1 Å². The average molecular weight is 267 g/mol. The molecule has 2 rings (SSSR count). The Hall–Kier alpha value is -1.69. The molecule has 2 atom stereocenters. The lowest BCUT2D eigenvalue weighted by molar-refractivity contribution is -0.0942. The topological polar surface area (TPSA) is 77.2 Å². The number of nitrogens with two attached hydrogens (primary N) is 1. The lowest BCUT2D eigenvalue weighted by atomic mass is 9.64. The van der Waals surface area contributed by atoms with Gasteiger partial charge in [-0.15, -0.1) is 0 Å². The van der Waals surface area contributed by atoms with Crippen molar-refractivity contribution in [2.45, 2.75) is 32.4 Å². The van der Waals surface area contributed by atoms with Crippen molar-refractivity contribution < 1.29 is 13.9 Å². The minimum atomic E-state index is -0.777. The van der Waals surface area contributed by atoms with Gasteiger partial charge in [0, 0.05) is 24.8 Å². The molecule has 3 N–H and O–H groups in total. The average Bonchev–Trinajstić information content (AvgIpc) is 2.37. The molecule has 0 aliphatic heterocycles. The molecule has 6 heteroatoms. The minimum absolute atomic E-state index is 0.0428. The molecule has 0 spiro atoms. The van der Waals surface area contributed by atoms with Gasteiger partial charge in [0.1, 0.15) is 0 Å². The molecule has 2 unspecified atom stereocenters. The SMILES string of the molecule is COC1CC(NC(=O)c2ccnc(N)c2F)C1(C)C. The first-order valence-electron chi connectivity index (χ1n) is 6.11. The Labute approximate surface area is 111 Å². The van der Waals surface area contributed by atoms with Gasteiger partial charge in [-0.3, -0.25) is 4.79 Å². The molecule has 5 nitrogen and oxygen atoms in total. The monoisotopic (exact) mass is 267 g/mol. The first-order valence-corrected chi connectivity index (χ1v) is 6.11. The van der Waals surface area contributed by atoms with Crippen molar-refractivity contribution in [1.29, 1.82) is 0 Å². The van der Waals surface area contributed by atoms with E-state index in [0.717, 1.165) is 6.42 Å². The summed E-state index contributed by atoms with van der Waals surface area (Å²) in [4.78, 5) is 15.6. The summed E-state index contributed by atoms with van der Waals surface area (Å²) >= 11 is 0. The summed E-state index contributed by atoms with van der Waals surface area (Å²) in [7, 11) is 1.65. The summed E-state index contributed by atoms with van der Waals surface area (Å²) in [5.74, 6) is -1.52. The van der Waals surface area contributed by atoms with Gasteiger partial charge in [0.15, 0.2) is 11.6 Å². The van der Waals surface area contributed by atoms with Gasteiger partial charge in [-0.05, 0) is 12.5 Å². The zero-order valence-corrected chi connectivity index (χ0v) is 11.2. The Kier molecular flexibility index (Phi) is 3.45. The number of aromatic nitrogens is 1. The lowest BCUT2D eigenvalue weighted by Gasteiger charge is -2.51. The molecule has 104 valence electrons. The Morgan fingerprint density at radius 2 is 2.32 bits per heavy atom. The van der Waals surface area contributed by atoms with Crippen LogP contribution in [0.3, 0.4) is 0 Å². The van der Waals surface area contributed by atoms with E-state index in [2.05, 4.69) is 10.3 Å². The van der Waals surface area contributed by atoms with Crippen LogP contribution in [-0.2, 0) is 4.74 Å². The number of methoxy groups -OCH3 is 1. The number of rotatable bonds is 3. The summed E-state index contributed by atoms with van der Waals surface area (Å²) in [5, 5.41) is 2.81. The fourth-order valence-corrected chi connectivity index (χ4v) is 2.40. The molecule has 0 bridgehead atoms. The van der Waals surface area contributed by atoms with E-state index in [1.807, 2.05) is 13.8 Å². The quantitative estimate of drug-likeness (QED) is 0.866. The van der Waals surface area contributed by atoms with Crippen molar-refractivity contribution >= 4 is 11.7 Å². The molecule has 19 heavy (non-hydrogen) atoms. The largest absolute Gasteiger partial charge is 0.381 e. The normalized spacial score (nSPS) is 24.6. The highest BCUT2D eigenvalue weighted by atomic mass is 19.1. The molecule has 1 fully saturated rings. The maximum absolute atomic E-state index is 13.7. The third-order valence-corrected chi connectivity index (χ3v) is 3.93. The molecular formula is C13H18FN3O2. The maximum Gasteiger partial charge on any atom is 0.254 e. The van der Waals surface area contributed by atoms with Crippen molar-refractivity contribution in [3.8, 4) is 0 Å². The smallest absolute Gasteiger partial charge is 0.254 e. The van der Waals surface area contributed by atoms with Crippen molar-refractivity contribution in [1.82, 2.24) is 10.3 Å². The van der Waals surface area contributed by atoms with Crippen LogP contribution in [0.25, 0.3) is 0 Å². The summed E-state index contributed by atoms with van der Waals surface area (Å²) in [6.07, 6.45) is 2.14. The van der Waals surface area contributed by atoms with Crippen LogP contribution in [0.2, 0.25) is 0 Å². The molecule has 1 saturated carbocycles. The van der Waals surface area contributed by atoms with E-state index in [4.69, 9.17) is 10.5 Å². The zero-order chi connectivity index (χ0) is 14.2. The van der Waals surface area contributed by atoms with Gasteiger partial charge in [-0.2, -0.15) is 0 Å². The summed E-state index contributed by atoms with van der Waals surface area (Å²) in [5.41, 5.74) is 5.10. The first-order chi connectivity index (χ1) is 8.87. The molecule has 1 aliphatic rings. The second-order valence-electron chi connectivity index (χ2n) is 5.37. The summed E-state index contributed by atoms with van der Waals surface area (Å²) < 4.78 is 19.0. The van der Waals surface area contributed by atoms with E-state index in [-0.39, 0.29) is 28.9 Å². The van der Waals surface area contributed by atoms with Crippen molar-refractivity contribution in [2.24, 2.45) is 5.41 Å². The molecule has 0 aromatic carbocycles. The molecule has 1 heterocycles. The predicted octanol–water partition coefficient (Wildman–Crippen LogP) is 1.35. The van der Waals surface area contributed by atoms with Gasteiger partial charge < -0.3 is 15.8 Å². The number of ether oxygens (including phenoxy) is 1. The number of carbonyl (C=O) groups excluding carboxylic acids is 1. The third-order valence-electron chi connectivity index (χ3n) is 3.93. The second kappa shape index (κ2) is 4.77. The number of amides is 1. The number of hydrogen-bond donors (Lipinski definition) is 2. The fourth-order valence-electron chi connectivity index (χ4n) is 2.40. The van der Waals surface area contributed by atoms with Crippen molar-refractivity contribution in [3.05, 3.63) is 23.6 Å². The Bertz CT molecular complexity index is 505. The fraction of sp³-hybridized carbons (Fsp3) is 0.538. The number of nitrogens with zero attached hydrogens (tertiary/aromatic N) is 1. The van der Waals surface area contributed by atoms with Crippen LogP contribution in [0, 0.1) is 11.2 Å². The van der Waals surface area contributed by atoms with Gasteiger partial charge >= 0.3 is 0 Å². The van der Waals surface area contributed by atoms with Crippen LogP contribution >= 0.6 is 0 Å². The third kappa shape index (κ3) is 2.28. The van der Waals surface area contributed by atoms with E-state index < -0.39 is 11.7 Å². The Morgan fingerprint density at radius 3 is 2.89 bits per heavy atom. The molecular weight excluding hydrogens is 249 g/mol. The molecule has 0 radical (unpaired) electrons. The highest BCUT2D eigenvalue weighted by molar-refractivity contribution is 5.95. The molecule has 1 aromatic heterocycles. The van der Waals surface area contributed by atoms with Crippen LogP contribution in [-0.4, -0.2) is 30.1 Å². The van der Waals surface area contributed by atoms with Gasteiger partial charge in [0.25, 0.3) is 5.91 Å². The molecule has 1 aliphatic carbocycles. The highest BCUT2D eigenvalue weighted by Gasteiger charge is 2.49. The molecule has 0 saturated heterocycles. The standard InChI is InChI=1S/C13H18FN3O2/c1-13(2)8(6-9(13)19-3)17-12(18)7-4-5-16-11(15)10(7)14/h4-5,8-9H,6H2,1-3H3,(H2,15,16)(H,17,18). The highest BCUT2D eigenvalue weighted by Crippen LogP contribution is 2.42. The number of nitrogens with one attached hydrogen (secondary N) is 1. The van der Waals surface area contributed by atoms with Gasteiger partial charge in [-0.25, -0.2) is 9.37 Å². The predicted molar refractivity (Wildman–Crippen MR) is 69.1 cm³/mol. The van der Waals surface area contributed by atoms with E-state index >= 15 is 0 Å². The number of carbonyl (C=O) groups is 1. The maximum atomic E-state index is 13.7. The summed E-state index contributed by atoms with van der Waals surface area (Å²) in [6, 6.07) is 1.28. The van der Waals surface area contributed by atoms with Crippen molar-refractivity contribution in [2.75, 3.05) is 12.8 Å². The summed E-state index contributed by atoms with van der Waals surface area (Å²) in [6.45, 7) is 4.01. The number of anilines is 1. The number of nitrogen functional groups attached to an aromatic ring is 1. The van der Waals surface area contributed by atoms with Gasteiger partial charge in [-0.1, -0.05) is 13.8 Å². The number of hydrogen-bond acceptors (Lipinski definition) is 4. The van der Waals surface area contributed by atoms with E-state index in [0.29, 0.717) is 0 Å². The second-order valence-corrected chi connectivity index (χ2v) is 5.37. The lowest BCUT2D eigenvalue weighted by Crippen LogP contribution is -2.61. The number of pyridine rings is 1. The van der Waals surface area contributed by atoms with E-state index in [1.165, 1.54) is 12.3 Å². The van der Waals surface area contributed by atoms with Gasteiger partial charge in [0.2, 0.25) is 0 Å². The zero-order valence-electron chi connectivity index (χ0n) is 11.2. The van der Waals surface area contributed by atoms with E-state index in [1.54, 1.807) is 7.11 Å². The van der Waals surface area contributed by atoms with E-state index in [9.17, 15) is 9.18 Å². The van der Waals surface area contributed by atoms with Crippen LogP contribution in [0.4, 0.5) is 10.2 Å². The first kappa shape index (κ1) is 13.7. The molecule has 1 aromatic rings. The Morgan fingerprint density at radius 1 is 1.63 bits per heavy atom. The van der Waals surface area contributed by atoms with Crippen LogP contribution in [0.15, 0.2) is 12.3 Å². The van der Waals surface area contributed by atoms with Gasteiger partial charge in [0.05, 0.1) is 11.7 Å². The molecule has 1 amide bonds. The van der Waals surface area contributed by atoms with Crippen LogP contribution in [0.5, 0.6) is 0 Å². The minimum Gasteiger partial charge on any atom is -0.381 e. The number of halogens is 1. The Balaban J connectivity index is 2.09. The van der Waals surface area contributed by atoms with Crippen LogP contribution in [0.1, 0.15) is 30.6 Å².